The van der Waals surface area contributed by atoms with E-state index in [1.165, 1.54) is 25.7 Å². The van der Waals surface area contributed by atoms with Crippen LogP contribution in [0.25, 0.3) is 0 Å². The van der Waals surface area contributed by atoms with Crippen molar-refractivity contribution in [3.05, 3.63) is 0 Å². The number of rotatable bonds is 10. The lowest BCUT2D eigenvalue weighted by Gasteiger charge is -2.18. The van der Waals surface area contributed by atoms with Gasteiger partial charge in [0.1, 0.15) is 0 Å². The molecule has 4 nitrogen and oxygen atoms in total. The molecule has 2 N–H and O–H groups in total. The molecular weight excluding hydrogens is 363 g/mol. The Morgan fingerprint density at radius 1 is 1.15 bits per heavy atom. The summed E-state index contributed by atoms with van der Waals surface area (Å²) in [5.41, 5.74) is 0. The molecule has 0 aliphatic carbocycles. The van der Waals surface area contributed by atoms with Crippen LogP contribution in [0.2, 0.25) is 0 Å². The molecule has 0 bridgehead atoms. The van der Waals surface area contributed by atoms with E-state index < -0.39 is 0 Å². The van der Waals surface area contributed by atoms with Crippen LogP contribution < -0.4 is 10.6 Å². The van der Waals surface area contributed by atoms with Crippen LogP contribution in [0.5, 0.6) is 0 Å². The highest BCUT2D eigenvalue weighted by Crippen LogP contribution is 2.02. The van der Waals surface area contributed by atoms with Gasteiger partial charge in [-0.05, 0) is 47.3 Å². The van der Waals surface area contributed by atoms with E-state index in [-0.39, 0.29) is 24.0 Å². The molecule has 0 aromatic rings. The van der Waals surface area contributed by atoms with Crippen LogP contribution in [0, 0.1) is 0 Å². The Morgan fingerprint density at radius 3 is 2.40 bits per heavy atom. The molecule has 0 saturated heterocycles. The van der Waals surface area contributed by atoms with Crippen LogP contribution in [-0.4, -0.2) is 50.6 Å². The Balaban J connectivity index is 0. The summed E-state index contributed by atoms with van der Waals surface area (Å²) in [6.07, 6.45) is 6.22. The maximum absolute atomic E-state index is 4.62. The number of hydrogen-bond acceptors (Lipinski definition) is 2. The predicted octanol–water partition coefficient (Wildman–Crippen LogP) is 3.08. The summed E-state index contributed by atoms with van der Waals surface area (Å²) in [5, 5.41) is 6.81. The molecule has 0 aliphatic rings. The average molecular weight is 398 g/mol. The summed E-state index contributed by atoms with van der Waals surface area (Å²) in [5.74, 6) is 0.963. The van der Waals surface area contributed by atoms with Gasteiger partial charge in [0, 0.05) is 19.1 Å². The van der Waals surface area contributed by atoms with Crippen molar-refractivity contribution >= 4 is 29.9 Å². The third kappa shape index (κ3) is 14.4. The SMILES string of the molecule is CCCCCC(C)NC(=NCCCN(C)C)NCC.I. The zero-order valence-electron chi connectivity index (χ0n) is 14.0. The molecule has 0 aromatic carbocycles. The molecule has 5 heteroatoms. The van der Waals surface area contributed by atoms with Crippen molar-refractivity contribution in [1.82, 2.24) is 15.5 Å². The first kappa shape index (κ1) is 22.2. The van der Waals surface area contributed by atoms with Gasteiger partial charge in [-0.3, -0.25) is 4.99 Å². The molecule has 0 rings (SSSR count). The number of unbranched alkanes of at least 4 members (excludes halogenated alkanes) is 2. The first-order chi connectivity index (χ1) is 9.10. The van der Waals surface area contributed by atoms with E-state index in [0.717, 1.165) is 32.0 Å². The van der Waals surface area contributed by atoms with Crippen molar-refractivity contribution < 1.29 is 0 Å². The Bertz CT molecular complexity index is 232. The quantitative estimate of drug-likeness (QED) is 0.257. The Kier molecular flexibility index (Phi) is 17.1. The number of nitrogens with zero attached hydrogens (tertiary/aromatic N) is 2. The van der Waals surface area contributed by atoms with Crippen molar-refractivity contribution in [2.45, 2.75) is 58.9 Å². The number of hydrogen-bond donors (Lipinski definition) is 2. The zero-order chi connectivity index (χ0) is 14.5. The highest BCUT2D eigenvalue weighted by atomic mass is 127. The van der Waals surface area contributed by atoms with Gasteiger partial charge in [-0.25, -0.2) is 0 Å². The Morgan fingerprint density at radius 2 is 1.85 bits per heavy atom. The first-order valence-electron chi connectivity index (χ1n) is 7.79. The fraction of sp³-hybridized carbons (Fsp3) is 0.933. The van der Waals surface area contributed by atoms with Crippen LogP contribution in [0.3, 0.4) is 0 Å². The van der Waals surface area contributed by atoms with Crippen molar-refractivity contribution in [3.8, 4) is 0 Å². The molecule has 1 atom stereocenters. The molecule has 0 aromatic heterocycles. The van der Waals surface area contributed by atoms with Gasteiger partial charge in [0.25, 0.3) is 0 Å². The van der Waals surface area contributed by atoms with E-state index in [9.17, 15) is 0 Å². The van der Waals surface area contributed by atoms with Crippen molar-refractivity contribution in [2.75, 3.05) is 33.7 Å². The largest absolute Gasteiger partial charge is 0.357 e. The van der Waals surface area contributed by atoms with Gasteiger partial charge in [-0.1, -0.05) is 26.2 Å². The standard InChI is InChI=1S/C15H34N4.HI/c1-6-8-9-11-14(3)18-15(16-7-2)17-12-10-13-19(4)5;/h14H,6-13H2,1-5H3,(H2,16,17,18);1H. The first-order valence-corrected chi connectivity index (χ1v) is 7.79. The average Bonchev–Trinajstić information content (AvgIpc) is 2.35. The lowest BCUT2D eigenvalue weighted by molar-refractivity contribution is 0.403. The van der Waals surface area contributed by atoms with Gasteiger partial charge in [0.05, 0.1) is 0 Å². The summed E-state index contributed by atoms with van der Waals surface area (Å²) in [4.78, 5) is 6.82. The van der Waals surface area contributed by atoms with Gasteiger partial charge >= 0.3 is 0 Å². The molecule has 0 aliphatic heterocycles. The van der Waals surface area contributed by atoms with Crippen LogP contribution in [0.4, 0.5) is 0 Å². The summed E-state index contributed by atoms with van der Waals surface area (Å²) in [6, 6.07) is 0.498. The van der Waals surface area contributed by atoms with Crippen LogP contribution in [0.1, 0.15) is 52.9 Å². The van der Waals surface area contributed by atoms with Crippen LogP contribution >= 0.6 is 24.0 Å². The van der Waals surface area contributed by atoms with E-state index in [0.29, 0.717) is 6.04 Å². The molecule has 0 amide bonds. The third-order valence-electron chi connectivity index (χ3n) is 3.00. The fourth-order valence-electron chi connectivity index (χ4n) is 1.90. The third-order valence-corrected chi connectivity index (χ3v) is 3.00. The van der Waals surface area contributed by atoms with Crippen molar-refractivity contribution in [3.63, 3.8) is 0 Å². The molecule has 122 valence electrons. The van der Waals surface area contributed by atoms with Gasteiger partial charge in [0.2, 0.25) is 0 Å². The van der Waals surface area contributed by atoms with E-state index in [1.807, 2.05) is 0 Å². The number of halogens is 1. The van der Waals surface area contributed by atoms with Crippen molar-refractivity contribution in [2.24, 2.45) is 4.99 Å². The second-order valence-electron chi connectivity index (χ2n) is 5.46. The Labute approximate surface area is 143 Å². The fourth-order valence-corrected chi connectivity index (χ4v) is 1.90. The minimum Gasteiger partial charge on any atom is -0.357 e. The molecule has 0 saturated carbocycles. The van der Waals surface area contributed by atoms with Gasteiger partial charge < -0.3 is 15.5 Å². The summed E-state index contributed by atoms with van der Waals surface area (Å²) in [6.45, 7) is 9.49. The van der Waals surface area contributed by atoms with Crippen LogP contribution in [-0.2, 0) is 0 Å². The summed E-state index contributed by atoms with van der Waals surface area (Å²) in [7, 11) is 4.20. The maximum Gasteiger partial charge on any atom is 0.191 e. The topological polar surface area (TPSA) is 39.7 Å². The molecule has 20 heavy (non-hydrogen) atoms. The van der Waals surface area contributed by atoms with E-state index >= 15 is 0 Å². The molecule has 1 unspecified atom stereocenters. The minimum atomic E-state index is 0. The van der Waals surface area contributed by atoms with E-state index in [4.69, 9.17) is 0 Å². The normalized spacial score (nSPS) is 13.0. The number of guanidine groups is 1. The Hall–Kier alpha value is -0.0400. The minimum absolute atomic E-state index is 0. The van der Waals surface area contributed by atoms with Gasteiger partial charge in [-0.15, -0.1) is 24.0 Å². The van der Waals surface area contributed by atoms with Crippen molar-refractivity contribution in [1.29, 1.82) is 0 Å². The summed E-state index contributed by atoms with van der Waals surface area (Å²) < 4.78 is 0. The monoisotopic (exact) mass is 398 g/mol. The molecule has 0 radical (unpaired) electrons. The van der Waals surface area contributed by atoms with E-state index in [1.54, 1.807) is 0 Å². The highest BCUT2D eigenvalue weighted by Gasteiger charge is 2.04. The highest BCUT2D eigenvalue weighted by molar-refractivity contribution is 14.0. The van der Waals surface area contributed by atoms with Gasteiger partial charge in [0.15, 0.2) is 5.96 Å². The molecule has 0 heterocycles. The smallest absolute Gasteiger partial charge is 0.191 e. The molecule has 0 spiro atoms. The van der Waals surface area contributed by atoms with E-state index in [2.05, 4.69) is 55.4 Å². The number of aliphatic imine (C=N–C) groups is 1. The number of nitrogens with one attached hydrogen (secondary N) is 2. The lowest BCUT2D eigenvalue weighted by Crippen LogP contribution is -2.42. The predicted molar refractivity (Wildman–Crippen MR) is 101 cm³/mol. The molecule has 0 fully saturated rings. The van der Waals surface area contributed by atoms with Crippen LogP contribution in [0.15, 0.2) is 4.99 Å². The molecular formula is C15H35IN4. The second kappa shape index (κ2) is 15.4. The second-order valence-corrected chi connectivity index (χ2v) is 5.46. The maximum atomic E-state index is 4.62. The lowest BCUT2D eigenvalue weighted by atomic mass is 10.1. The summed E-state index contributed by atoms with van der Waals surface area (Å²) >= 11 is 0. The zero-order valence-corrected chi connectivity index (χ0v) is 16.4. The van der Waals surface area contributed by atoms with Gasteiger partial charge in [-0.2, -0.15) is 0 Å².